The number of aliphatic hydroxyl groups is 1. The average molecular weight is 401 g/mol. The van der Waals surface area contributed by atoms with Gasteiger partial charge in [-0.05, 0) is 116 Å². The SMILES string of the molecule is CC(C)[C@@H](C)/C=C/[C@@H](C)C1CCC2C3CCC4C[C@@H](O)CCC4(C)C3CCC21C. The Bertz CT molecular complexity index is 607. The molecule has 0 spiro atoms. The first-order valence-corrected chi connectivity index (χ1v) is 13.0. The zero-order valence-corrected chi connectivity index (χ0v) is 20.2. The zero-order chi connectivity index (χ0) is 21.0. The Morgan fingerprint density at radius 1 is 0.793 bits per heavy atom. The highest BCUT2D eigenvalue weighted by Gasteiger charge is 2.60. The smallest absolute Gasteiger partial charge is 0.0543 e. The second kappa shape index (κ2) is 7.99. The van der Waals surface area contributed by atoms with Gasteiger partial charge in [0, 0.05) is 0 Å². The minimum Gasteiger partial charge on any atom is -0.393 e. The van der Waals surface area contributed by atoms with Crippen molar-refractivity contribution in [2.45, 2.75) is 105 Å². The van der Waals surface area contributed by atoms with Crippen LogP contribution in [0.1, 0.15) is 99.3 Å². The Kier molecular flexibility index (Phi) is 6.04. The van der Waals surface area contributed by atoms with Crippen molar-refractivity contribution in [2.24, 2.45) is 58.2 Å². The molecule has 166 valence electrons. The Hall–Kier alpha value is -0.300. The van der Waals surface area contributed by atoms with Crippen molar-refractivity contribution in [1.82, 2.24) is 0 Å². The minimum atomic E-state index is -0.0183. The van der Waals surface area contributed by atoms with E-state index in [1.54, 1.807) is 0 Å². The molecule has 0 aromatic carbocycles. The Morgan fingerprint density at radius 2 is 1.48 bits per heavy atom. The van der Waals surface area contributed by atoms with Crippen molar-refractivity contribution in [2.75, 3.05) is 0 Å². The molecule has 4 saturated carbocycles. The minimum absolute atomic E-state index is 0.0183. The van der Waals surface area contributed by atoms with E-state index < -0.39 is 0 Å². The molecule has 7 unspecified atom stereocenters. The van der Waals surface area contributed by atoms with E-state index in [4.69, 9.17) is 0 Å². The van der Waals surface area contributed by atoms with Gasteiger partial charge in [0.15, 0.2) is 0 Å². The van der Waals surface area contributed by atoms with Gasteiger partial charge in [-0.1, -0.05) is 53.7 Å². The highest BCUT2D eigenvalue weighted by atomic mass is 16.3. The molecule has 0 bridgehead atoms. The van der Waals surface area contributed by atoms with Gasteiger partial charge in [0.1, 0.15) is 0 Å². The second-order valence-electron chi connectivity index (χ2n) is 12.7. The van der Waals surface area contributed by atoms with E-state index in [0.29, 0.717) is 16.7 Å². The molecule has 0 radical (unpaired) electrons. The van der Waals surface area contributed by atoms with Gasteiger partial charge in [-0.25, -0.2) is 0 Å². The van der Waals surface area contributed by atoms with Crippen LogP contribution in [0.25, 0.3) is 0 Å². The number of allylic oxidation sites excluding steroid dienone is 2. The molecular weight excluding hydrogens is 352 g/mol. The average Bonchev–Trinajstić information content (AvgIpc) is 3.03. The number of rotatable bonds is 4. The lowest BCUT2D eigenvalue weighted by Crippen LogP contribution is -2.54. The van der Waals surface area contributed by atoms with Crippen LogP contribution in [0.2, 0.25) is 0 Å². The summed E-state index contributed by atoms with van der Waals surface area (Å²) in [5.74, 6) is 6.66. The third-order valence-electron chi connectivity index (χ3n) is 11.1. The van der Waals surface area contributed by atoms with Crippen LogP contribution in [-0.2, 0) is 0 Å². The van der Waals surface area contributed by atoms with E-state index in [1.807, 2.05) is 0 Å². The molecule has 10 atom stereocenters. The van der Waals surface area contributed by atoms with Crippen LogP contribution in [0, 0.1) is 58.2 Å². The number of fused-ring (bicyclic) bond motifs is 5. The predicted molar refractivity (Wildman–Crippen MR) is 124 cm³/mol. The summed E-state index contributed by atoms with van der Waals surface area (Å²) in [5.41, 5.74) is 1.07. The molecule has 4 aliphatic carbocycles. The molecule has 0 aromatic heterocycles. The third-order valence-corrected chi connectivity index (χ3v) is 11.1. The molecule has 4 aliphatic rings. The fraction of sp³-hybridized carbons (Fsp3) is 0.929. The van der Waals surface area contributed by atoms with Crippen molar-refractivity contribution in [1.29, 1.82) is 0 Å². The molecule has 0 aromatic rings. The van der Waals surface area contributed by atoms with Crippen LogP contribution in [0.5, 0.6) is 0 Å². The van der Waals surface area contributed by atoms with E-state index in [-0.39, 0.29) is 6.10 Å². The normalized spacial score (nSPS) is 49.5. The summed E-state index contributed by atoms with van der Waals surface area (Å²) in [6.07, 6.45) is 17.1. The molecule has 4 rings (SSSR count). The molecule has 0 saturated heterocycles. The topological polar surface area (TPSA) is 20.2 Å². The van der Waals surface area contributed by atoms with Crippen LogP contribution in [-0.4, -0.2) is 11.2 Å². The van der Waals surface area contributed by atoms with E-state index in [1.165, 1.54) is 44.9 Å². The summed E-state index contributed by atoms with van der Waals surface area (Å²) in [6, 6.07) is 0. The van der Waals surface area contributed by atoms with E-state index in [9.17, 15) is 5.11 Å². The Labute approximate surface area is 181 Å². The largest absolute Gasteiger partial charge is 0.393 e. The molecule has 4 fully saturated rings. The van der Waals surface area contributed by atoms with Gasteiger partial charge in [0.25, 0.3) is 0 Å². The first-order valence-electron chi connectivity index (χ1n) is 13.0. The van der Waals surface area contributed by atoms with Gasteiger partial charge in [0.05, 0.1) is 6.10 Å². The maximum absolute atomic E-state index is 10.3. The molecule has 0 amide bonds. The fourth-order valence-electron chi connectivity index (χ4n) is 8.85. The van der Waals surface area contributed by atoms with Gasteiger partial charge in [-0.3, -0.25) is 0 Å². The maximum Gasteiger partial charge on any atom is 0.0543 e. The first kappa shape index (κ1) is 21.9. The van der Waals surface area contributed by atoms with Crippen LogP contribution in [0.3, 0.4) is 0 Å². The predicted octanol–water partition coefficient (Wildman–Crippen LogP) is 7.49. The Morgan fingerprint density at radius 3 is 2.21 bits per heavy atom. The lowest BCUT2D eigenvalue weighted by atomic mass is 9.44. The van der Waals surface area contributed by atoms with Gasteiger partial charge in [-0.15, -0.1) is 0 Å². The second-order valence-corrected chi connectivity index (χ2v) is 12.7. The quantitative estimate of drug-likeness (QED) is 0.485. The fourth-order valence-corrected chi connectivity index (χ4v) is 8.85. The zero-order valence-electron chi connectivity index (χ0n) is 20.2. The van der Waals surface area contributed by atoms with Crippen molar-refractivity contribution in [3.63, 3.8) is 0 Å². The number of hydrogen-bond acceptors (Lipinski definition) is 1. The van der Waals surface area contributed by atoms with Crippen LogP contribution >= 0.6 is 0 Å². The summed E-state index contributed by atoms with van der Waals surface area (Å²) in [4.78, 5) is 0. The van der Waals surface area contributed by atoms with Gasteiger partial charge in [-0.2, -0.15) is 0 Å². The molecule has 1 nitrogen and oxygen atoms in total. The van der Waals surface area contributed by atoms with E-state index in [2.05, 4.69) is 53.7 Å². The van der Waals surface area contributed by atoms with Gasteiger partial charge < -0.3 is 5.11 Å². The summed E-state index contributed by atoms with van der Waals surface area (Å²) in [7, 11) is 0. The van der Waals surface area contributed by atoms with Crippen molar-refractivity contribution >= 4 is 0 Å². The Balaban J connectivity index is 1.50. The molecule has 29 heavy (non-hydrogen) atoms. The summed E-state index contributed by atoms with van der Waals surface area (Å²) in [5, 5.41) is 10.3. The van der Waals surface area contributed by atoms with Crippen LogP contribution in [0.15, 0.2) is 12.2 Å². The lowest BCUT2D eigenvalue weighted by molar-refractivity contribution is -0.128. The highest BCUT2D eigenvalue weighted by Crippen LogP contribution is 2.68. The molecule has 1 heteroatoms. The van der Waals surface area contributed by atoms with Crippen LogP contribution in [0.4, 0.5) is 0 Å². The number of aliphatic hydroxyl groups excluding tert-OH is 1. The van der Waals surface area contributed by atoms with Crippen molar-refractivity contribution in [3.05, 3.63) is 12.2 Å². The van der Waals surface area contributed by atoms with Crippen molar-refractivity contribution < 1.29 is 5.11 Å². The summed E-state index contributed by atoms with van der Waals surface area (Å²) >= 11 is 0. The van der Waals surface area contributed by atoms with Crippen LogP contribution < -0.4 is 0 Å². The third kappa shape index (κ3) is 3.66. The van der Waals surface area contributed by atoms with Gasteiger partial charge >= 0.3 is 0 Å². The lowest BCUT2D eigenvalue weighted by Gasteiger charge is -2.61. The van der Waals surface area contributed by atoms with E-state index >= 15 is 0 Å². The first-order chi connectivity index (χ1) is 13.7. The van der Waals surface area contributed by atoms with Gasteiger partial charge in [0.2, 0.25) is 0 Å². The number of hydrogen-bond donors (Lipinski definition) is 1. The summed E-state index contributed by atoms with van der Waals surface area (Å²) < 4.78 is 0. The highest BCUT2D eigenvalue weighted by molar-refractivity contribution is 5.11. The maximum atomic E-state index is 10.3. The monoisotopic (exact) mass is 400 g/mol. The molecular formula is C28H48O. The molecule has 1 N–H and O–H groups in total. The summed E-state index contributed by atoms with van der Waals surface area (Å²) in [6.45, 7) is 14.9. The molecule has 0 aliphatic heterocycles. The van der Waals surface area contributed by atoms with Crippen molar-refractivity contribution in [3.8, 4) is 0 Å². The molecule has 0 heterocycles. The van der Waals surface area contributed by atoms with E-state index in [0.717, 1.165) is 54.3 Å². The standard InChI is InChI=1S/C28H48O/c1-18(2)19(3)7-8-20(4)24-11-12-25-23-10-9-21-17-22(29)13-15-27(21,5)26(23)14-16-28(24,25)6/h7-8,18-26,29H,9-17H2,1-6H3/b8-7+/t19-,20+,21?,22-,23?,24?,25?,26?,27?,28?/m0/s1.